The van der Waals surface area contributed by atoms with Gasteiger partial charge in [-0.15, -0.1) is 11.3 Å². The van der Waals surface area contributed by atoms with Gasteiger partial charge in [0.15, 0.2) is 0 Å². The second kappa shape index (κ2) is 8.60. The van der Waals surface area contributed by atoms with Crippen molar-refractivity contribution in [2.75, 3.05) is 0 Å². The van der Waals surface area contributed by atoms with Crippen molar-refractivity contribution in [3.05, 3.63) is 117 Å². The Morgan fingerprint density at radius 2 is 1.75 bits per heavy atom. The molecule has 4 aliphatic rings. The highest BCUT2D eigenvalue weighted by atomic mass is 32.1. The number of allylic oxidation sites excluding steroid dienone is 9. The second-order valence-corrected chi connectivity index (χ2v) is 12.1. The fourth-order valence-corrected chi connectivity index (χ4v) is 8.25. The third-order valence-electron chi connectivity index (χ3n) is 8.84. The Kier molecular flexibility index (Phi) is 5.33. The van der Waals surface area contributed by atoms with Crippen molar-refractivity contribution in [2.45, 2.75) is 63.7 Å². The van der Waals surface area contributed by atoms with E-state index >= 15 is 0 Å². The molecular formula is C35H34S. The van der Waals surface area contributed by atoms with Crippen LogP contribution in [-0.2, 0) is 18.3 Å². The van der Waals surface area contributed by atoms with Crippen LogP contribution in [0.1, 0.15) is 77.5 Å². The minimum Gasteiger partial charge on any atom is -0.139 e. The van der Waals surface area contributed by atoms with Gasteiger partial charge in [-0.3, -0.25) is 0 Å². The molecule has 3 unspecified atom stereocenters. The number of hydrogen-bond donors (Lipinski definition) is 0. The first-order chi connectivity index (χ1) is 17.7. The molecule has 2 aromatic carbocycles. The summed E-state index contributed by atoms with van der Waals surface area (Å²) in [6, 6.07) is 14.0. The summed E-state index contributed by atoms with van der Waals surface area (Å²) >= 11 is 2.02. The summed E-state index contributed by atoms with van der Waals surface area (Å²) in [6.07, 6.45) is 26.1. The van der Waals surface area contributed by atoms with Crippen LogP contribution in [-0.4, -0.2) is 0 Å². The van der Waals surface area contributed by atoms with E-state index in [4.69, 9.17) is 0 Å². The van der Waals surface area contributed by atoms with Gasteiger partial charge in [0.2, 0.25) is 0 Å². The smallest absolute Gasteiger partial charge is 0.0345 e. The van der Waals surface area contributed by atoms with E-state index in [0.29, 0.717) is 11.8 Å². The second-order valence-electron chi connectivity index (χ2n) is 11.0. The molecule has 0 bridgehead atoms. The van der Waals surface area contributed by atoms with Crippen molar-refractivity contribution in [1.82, 2.24) is 0 Å². The van der Waals surface area contributed by atoms with Crippen LogP contribution in [0.15, 0.2) is 84.5 Å². The minimum absolute atomic E-state index is 0.193. The number of benzene rings is 2. The quantitative estimate of drug-likeness (QED) is 0.325. The first-order valence-electron chi connectivity index (χ1n) is 13.9. The van der Waals surface area contributed by atoms with E-state index in [2.05, 4.69) is 98.9 Å². The molecule has 3 atom stereocenters. The highest BCUT2D eigenvalue weighted by molar-refractivity contribution is 7.13. The first-order valence-corrected chi connectivity index (χ1v) is 14.7. The molecule has 0 saturated heterocycles. The number of aryl methyl sites for hydroxylation is 2. The van der Waals surface area contributed by atoms with E-state index in [9.17, 15) is 0 Å². The van der Waals surface area contributed by atoms with E-state index < -0.39 is 0 Å². The summed E-state index contributed by atoms with van der Waals surface area (Å²) in [5.41, 5.74) is 9.45. The molecule has 0 spiro atoms. The summed E-state index contributed by atoms with van der Waals surface area (Å²) in [5.74, 6) is 1.18. The molecule has 1 aromatic heterocycles. The zero-order chi connectivity index (χ0) is 24.3. The maximum atomic E-state index is 2.58. The summed E-state index contributed by atoms with van der Waals surface area (Å²) in [5, 5.41) is 2.99. The van der Waals surface area contributed by atoms with Crippen molar-refractivity contribution in [2.24, 2.45) is 5.92 Å². The molecule has 0 amide bonds. The largest absolute Gasteiger partial charge is 0.139 e. The van der Waals surface area contributed by atoms with Crippen LogP contribution in [0.5, 0.6) is 0 Å². The Morgan fingerprint density at radius 3 is 2.58 bits per heavy atom. The van der Waals surface area contributed by atoms with Crippen LogP contribution in [0, 0.1) is 5.92 Å². The number of fused-ring (bicyclic) bond motifs is 5. The average Bonchev–Trinajstić information content (AvgIpc) is 3.47. The fourth-order valence-electron chi connectivity index (χ4n) is 7.01. The van der Waals surface area contributed by atoms with Crippen LogP contribution < -0.4 is 0 Å². The monoisotopic (exact) mass is 486 g/mol. The predicted octanol–water partition coefficient (Wildman–Crippen LogP) is 9.71. The molecule has 1 saturated carbocycles. The lowest BCUT2D eigenvalue weighted by Gasteiger charge is -2.26. The van der Waals surface area contributed by atoms with E-state index in [1.165, 1.54) is 52.5 Å². The molecule has 1 heteroatoms. The lowest BCUT2D eigenvalue weighted by atomic mass is 9.79. The Labute approximate surface area is 219 Å². The third kappa shape index (κ3) is 3.32. The van der Waals surface area contributed by atoms with E-state index in [1.807, 2.05) is 11.3 Å². The van der Waals surface area contributed by atoms with Crippen LogP contribution >= 0.6 is 11.3 Å². The van der Waals surface area contributed by atoms with E-state index in [0.717, 1.165) is 12.8 Å². The highest BCUT2D eigenvalue weighted by Gasteiger charge is 2.58. The zero-order valence-corrected chi connectivity index (χ0v) is 22.2. The molecule has 1 fully saturated rings. The first kappa shape index (κ1) is 22.3. The van der Waals surface area contributed by atoms with E-state index in [1.54, 1.807) is 27.1 Å². The van der Waals surface area contributed by atoms with Crippen LogP contribution in [0.4, 0.5) is 0 Å². The van der Waals surface area contributed by atoms with Crippen molar-refractivity contribution in [1.29, 1.82) is 0 Å². The van der Waals surface area contributed by atoms with Crippen molar-refractivity contribution >= 4 is 33.8 Å². The molecule has 0 N–H and O–H groups in total. The summed E-state index contributed by atoms with van der Waals surface area (Å²) < 4.78 is 0. The number of rotatable bonds is 6. The Hall–Kier alpha value is -2.90. The predicted molar refractivity (Wildman–Crippen MR) is 157 cm³/mol. The Balaban J connectivity index is 1.31. The Morgan fingerprint density at radius 1 is 0.944 bits per heavy atom. The lowest BCUT2D eigenvalue weighted by molar-refractivity contribution is 0.781. The SMILES string of the molecule is CCCc1c2c(c(CCC)c3ccccc13)C1CC1(c1ccc(C3=CC4=CC=CCC4C=C3)s1)C=C2. The molecular weight excluding hydrogens is 452 g/mol. The molecule has 0 aliphatic heterocycles. The van der Waals surface area contributed by atoms with Gasteiger partial charge in [-0.1, -0.05) is 93.5 Å². The maximum absolute atomic E-state index is 2.58. The molecule has 0 radical (unpaired) electrons. The standard InChI is InChI=1S/C35H34S/c1-3-9-26-27-13-7-8-14-28(27)29(10-4-2)34-30(26)19-20-35(22-31(34)35)33-18-17-32(36-33)25-16-15-23-11-5-6-12-24(23)21-25/h5-8,12-21,23,31H,3-4,9-11,22H2,1-2H3. The van der Waals surface area contributed by atoms with E-state index in [-0.39, 0.29) is 5.41 Å². The summed E-state index contributed by atoms with van der Waals surface area (Å²) in [4.78, 5) is 2.96. The molecule has 0 nitrogen and oxygen atoms in total. The van der Waals surface area contributed by atoms with Gasteiger partial charge < -0.3 is 0 Å². The minimum atomic E-state index is 0.193. The molecule has 180 valence electrons. The molecule has 1 heterocycles. The summed E-state index contributed by atoms with van der Waals surface area (Å²) in [6.45, 7) is 4.65. The van der Waals surface area contributed by atoms with Gasteiger partial charge in [-0.25, -0.2) is 0 Å². The lowest BCUT2D eigenvalue weighted by Crippen LogP contribution is -2.13. The average molecular weight is 487 g/mol. The number of hydrogen-bond acceptors (Lipinski definition) is 1. The van der Waals surface area contributed by atoms with Gasteiger partial charge in [0, 0.05) is 21.1 Å². The summed E-state index contributed by atoms with van der Waals surface area (Å²) in [7, 11) is 0. The van der Waals surface area contributed by atoms with Gasteiger partial charge in [0.05, 0.1) is 0 Å². The Bertz CT molecular complexity index is 1520. The van der Waals surface area contributed by atoms with Gasteiger partial charge in [-0.2, -0.15) is 0 Å². The van der Waals surface area contributed by atoms with Crippen LogP contribution in [0.2, 0.25) is 0 Å². The molecule has 3 aromatic rings. The zero-order valence-electron chi connectivity index (χ0n) is 21.4. The van der Waals surface area contributed by atoms with Gasteiger partial charge in [0.1, 0.15) is 0 Å². The number of thiophene rings is 1. The molecule has 7 rings (SSSR count). The van der Waals surface area contributed by atoms with Gasteiger partial charge >= 0.3 is 0 Å². The van der Waals surface area contributed by atoms with Crippen LogP contribution in [0.25, 0.3) is 22.4 Å². The van der Waals surface area contributed by atoms with Crippen molar-refractivity contribution < 1.29 is 0 Å². The van der Waals surface area contributed by atoms with Gasteiger partial charge in [-0.05, 0) is 94.0 Å². The van der Waals surface area contributed by atoms with Gasteiger partial charge in [0.25, 0.3) is 0 Å². The van der Waals surface area contributed by atoms with Crippen LogP contribution in [0.3, 0.4) is 0 Å². The van der Waals surface area contributed by atoms with Crippen molar-refractivity contribution in [3.63, 3.8) is 0 Å². The van der Waals surface area contributed by atoms with Crippen molar-refractivity contribution in [3.8, 4) is 0 Å². The normalized spacial score (nSPS) is 25.3. The third-order valence-corrected chi connectivity index (χ3v) is 10.2. The fraction of sp³-hybridized carbons (Fsp3) is 0.314. The molecule has 4 aliphatic carbocycles. The molecule has 36 heavy (non-hydrogen) atoms. The topological polar surface area (TPSA) is 0 Å². The highest BCUT2D eigenvalue weighted by Crippen LogP contribution is 2.67. The maximum Gasteiger partial charge on any atom is 0.0345 e.